The lowest BCUT2D eigenvalue weighted by atomic mass is 10.1. The standard InChI is InChI=1S/C12H17N5O/c1-9(13-8-12-14-16-17-15-12)7-10-3-5-11(18-2)6-4-10/h3-6,9,13H,7-8H2,1-2H3,(H,14,15,16,17). The first kappa shape index (κ1) is 12.5. The Hall–Kier alpha value is -1.95. The summed E-state index contributed by atoms with van der Waals surface area (Å²) < 4.78 is 5.13. The van der Waals surface area contributed by atoms with Gasteiger partial charge in [-0.25, -0.2) is 0 Å². The fourth-order valence-electron chi connectivity index (χ4n) is 1.71. The summed E-state index contributed by atoms with van der Waals surface area (Å²) in [6, 6.07) is 8.44. The van der Waals surface area contributed by atoms with Crippen LogP contribution in [0, 0.1) is 0 Å². The Balaban J connectivity index is 1.80. The van der Waals surface area contributed by atoms with Gasteiger partial charge in [0.2, 0.25) is 0 Å². The van der Waals surface area contributed by atoms with Crippen LogP contribution in [0.4, 0.5) is 0 Å². The van der Waals surface area contributed by atoms with Crippen LogP contribution in [0.25, 0.3) is 0 Å². The lowest BCUT2D eigenvalue weighted by Crippen LogP contribution is -2.28. The minimum atomic E-state index is 0.344. The summed E-state index contributed by atoms with van der Waals surface area (Å²) in [5, 5.41) is 17.1. The van der Waals surface area contributed by atoms with Crippen LogP contribution in [-0.2, 0) is 13.0 Å². The molecule has 2 N–H and O–H groups in total. The van der Waals surface area contributed by atoms with Gasteiger partial charge in [0, 0.05) is 6.04 Å². The van der Waals surface area contributed by atoms with Gasteiger partial charge in [-0.1, -0.05) is 17.3 Å². The predicted octanol–water partition coefficient (Wildman–Crippen LogP) is 0.929. The van der Waals surface area contributed by atoms with Crippen molar-refractivity contribution in [1.82, 2.24) is 25.9 Å². The zero-order chi connectivity index (χ0) is 12.8. The molecule has 0 aliphatic rings. The Bertz CT molecular complexity index is 454. The molecular weight excluding hydrogens is 230 g/mol. The number of aromatic nitrogens is 4. The van der Waals surface area contributed by atoms with Gasteiger partial charge in [-0.15, -0.1) is 10.2 Å². The molecule has 0 radical (unpaired) electrons. The molecule has 0 aliphatic carbocycles. The van der Waals surface area contributed by atoms with Crippen LogP contribution in [0.3, 0.4) is 0 Å². The van der Waals surface area contributed by atoms with E-state index in [0.717, 1.165) is 12.2 Å². The molecule has 2 aromatic rings. The molecular formula is C12H17N5O. The highest BCUT2D eigenvalue weighted by molar-refractivity contribution is 5.27. The average molecular weight is 247 g/mol. The van der Waals surface area contributed by atoms with Gasteiger partial charge in [-0.3, -0.25) is 0 Å². The SMILES string of the molecule is COc1ccc(CC(C)NCc2nn[nH]n2)cc1. The van der Waals surface area contributed by atoms with Crippen molar-refractivity contribution in [3.05, 3.63) is 35.7 Å². The summed E-state index contributed by atoms with van der Waals surface area (Å²) in [5.74, 6) is 1.56. The lowest BCUT2D eigenvalue weighted by Gasteiger charge is -2.12. The molecule has 0 amide bonds. The van der Waals surface area contributed by atoms with Crippen LogP contribution in [0.2, 0.25) is 0 Å². The number of nitrogens with zero attached hydrogens (tertiary/aromatic N) is 3. The van der Waals surface area contributed by atoms with Gasteiger partial charge in [-0.2, -0.15) is 5.21 Å². The molecule has 1 aromatic carbocycles. The third-order valence-electron chi connectivity index (χ3n) is 2.70. The van der Waals surface area contributed by atoms with E-state index in [1.807, 2.05) is 12.1 Å². The van der Waals surface area contributed by atoms with Crippen molar-refractivity contribution in [2.45, 2.75) is 25.9 Å². The van der Waals surface area contributed by atoms with E-state index < -0.39 is 0 Å². The summed E-state index contributed by atoms with van der Waals surface area (Å²) in [6.07, 6.45) is 0.946. The molecule has 1 aromatic heterocycles. The van der Waals surface area contributed by atoms with E-state index in [1.54, 1.807) is 7.11 Å². The van der Waals surface area contributed by atoms with E-state index >= 15 is 0 Å². The Morgan fingerprint density at radius 3 is 2.72 bits per heavy atom. The lowest BCUT2D eigenvalue weighted by molar-refractivity contribution is 0.414. The van der Waals surface area contributed by atoms with Crippen molar-refractivity contribution >= 4 is 0 Å². The van der Waals surface area contributed by atoms with Gasteiger partial charge >= 0.3 is 0 Å². The van der Waals surface area contributed by atoms with Crippen LogP contribution in [0.15, 0.2) is 24.3 Å². The number of aromatic amines is 1. The summed E-state index contributed by atoms with van der Waals surface area (Å²) in [5.41, 5.74) is 1.27. The summed E-state index contributed by atoms with van der Waals surface area (Å²) in [7, 11) is 1.67. The first-order valence-electron chi connectivity index (χ1n) is 5.86. The molecule has 1 unspecified atom stereocenters. The average Bonchev–Trinajstić information content (AvgIpc) is 2.90. The van der Waals surface area contributed by atoms with Gasteiger partial charge in [0.1, 0.15) is 5.75 Å². The van der Waals surface area contributed by atoms with Crippen molar-refractivity contribution in [3.63, 3.8) is 0 Å². The highest BCUT2D eigenvalue weighted by Crippen LogP contribution is 2.12. The van der Waals surface area contributed by atoms with Gasteiger partial charge in [0.25, 0.3) is 0 Å². The van der Waals surface area contributed by atoms with Crippen molar-refractivity contribution in [2.75, 3.05) is 7.11 Å². The second-order valence-electron chi connectivity index (χ2n) is 4.16. The summed E-state index contributed by atoms with van der Waals surface area (Å²) in [6.45, 7) is 2.75. The zero-order valence-electron chi connectivity index (χ0n) is 10.6. The van der Waals surface area contributed by atoms with Crippen LogP contribution in [-0.4, -0.2) is 33.8 Å². The number of hydrogen-bond acceptors (Lipinski definition) is 5. The molecule has 0 saturated carbocycles. The third-order valence-corrected chi connectivity index (χ3v) is 2.70. The van der Waals surface area contributed by atoms with E-state index in [1.165, 1.54) is 5.56 Å². The van der Waals surface area contributed by atoms with Crippen molar-refractivity contribution in [2.24, 2.45) is 0 Å². The molecule has 0 spiro atoms. The number of benzene rings is 1. The van der Waals surface area contributed by atoms with Crippen molar-refractivity contribution in [1.29, 1.82) is 0 Å². The second kappa shape index (κ2) is 6.11. The number of nitrogens with one attached hydrogen (secondary N) is 2. The molecule has 0 aliphatic heterocycles. The minimum Gasteiger partial charge on any atom is -0.497 e. The molecule has 96 valence electrons. The molecule has 0 fully saturated rings. The van der Waals surface area contributed by atoms with E-state index in [4.69, 9.17) is 4.74 Å². The molecule has 1 atom stereocenters. The number of ether oxygens (including phenoxy) is 1. The maximum absolute atomic E-state index is 5.13. The van der Waals surface area contributed by atoms with E-state index in [0.29, 0.717) is 18.4 Å². The largest absolute Gasteiger partial charge is 0.497 e. The van der Waals surface area contributed by atoms with Gasteiger partial charge in [-0.05, 0) is 31.0 Å². The Labute approximate surface area is 106 Å². The zero-order valence-corrected chi connectivity index (χ0v) is 10.6. The molecule has 6 heteroatoms. The van der Waals surface area contributed by atoms with Gasteiger partial charge < -0.3 is 10.1 Å². The number of tetrazole rings is 1. The van der Waals surface area contributed by atoms with Gasteiger partial charge in [0.05, 0.1) is 13.7 Å². The van der Waals surface area contributed by atoms with Crippen molar-refractivity contribution < 1.29 is 4.74 Å². The molecule has 18 heavy (non-hydrogen) atoms. The molecule has 2 rings (SSSR count). The second-order valence-corrected chi connectivity index (χ2v) is 4.16. The Kier molecular flexibility index (Phi) is 4.25. The summed E-state index contributed by atoms with van der Waals surface area (Å²) in [4.78, 5) is 0. The molecule has 0 bridgehead atoms. The maximum Gasteiger partial charge on any atom is 0.188 e. The monoisotopic (exact) mass is 247 g/mol. The fourth-order valence-corrected chi connectivity index (χ4v) is 1.71. The van der Waals surface area contributed by atoms with Crippen LogP contribution in [0.1, 0.15) is 18.3 Å². The predicted molar refractivity (Wildman–Crippen MR) is 67.2 cm³/mol. The smallest absolute Gasteiger partial charge is 0.188 e. The van der Waals surface area contributed by atoms with Gasteiger partial charge in [0.15, 0.2) is 5.82 Å². The Morgan fingerprint density at radius 1 is 1.33 bits per heavy atom. The topological polar surface area (TPSA) is 75.7 Å². The van der Waals surface area contributed by atoms with E-state index in [-0.39, 0.29) is 0 Å². The fraction of sp³-hybridized carbons (Fsp3) is 0.417. The number of hydrogen-bond donors (Lipinski definition) is 2. The molecule has 1 heterocycles. The quantitative estimate of drug-likeness (QED) is 0.794. The first-order chi connectivity index (χ1) is 8.78. The number of rotatable bonds is 6. The van der Waals surface area contributed by atoms with E-state index in [9.17, 15) is 0 Å². The molecule has 0 saturated heterocycles. The first-order valence-corrected chi connectivity index (χ1v) is 5.86. The van der Waals surface area contributed by atoms with Crippen molar-refractivity contribution in [3.8, 4) is 5.75 Å². The van der Waals surface area contributed by atoms with Crippen LogP contribution in [0.5, 0.6) is 5.75 Å². The third kappa shape index (κ3) is 3.53. The Morgan fingerprint density at radius 2 is 2.11 bits per heavy atom. The normalized spacial score (nSPS) is 12.3. The number of methoxy groups -OCH3 is 1. The molecule has 6 nitrogen and oxygen atoms in total. The van der Waals surface area contributed by atoms with E-state index in [2.05, 4.69) is 45.0 Å². The van der Waals surface area contributed by atoms with Crippen LogP contribution >= 0.6 is 0 Å². The summed E-state index contributed by atoms with van der Waals surface area (Å²) >= 11 is 0. The minimum absolute atomic E-state index is 0.344. The van der Waals surface area contributed by atoms with Crippen LogP contribution < -0.4 is 10.1 Å². The highest BCUT2D eigenvalue weighted by Gasteiger charge is 2.05. The number of H-pyrrole nitrogens is 1. The maximum atomic E-state index is 5.13. The highest BCUT2D eigenvalue weighted by atomic mass is 16.5.